The zero-order valence-corrected chi connectivity index (χ0v) is 8.90. The summed E-state index contributed by atoms with van der Waals surface area (Å²) in [5.41, 5.74) is 0. The second kappa shape index (κ2) is 7.00. The summed E-state index contributed by atoms with van der Waals surface area (Å²) in [4.78, 5) is 0. The first-order valence-electron chi connectivity index (χ1n) is 4.88. The van der Waals surface area contributed by atoms with E-state index >= 15 is 0 Å². The van der Waals surface area contributed by atoms with Crippen molar-refractivity contribution in [2.45, 2.75) is 38.7 Å². The Morgan fingerprint density at radius 3 is 2.40 bits per heavy atom. The standard InChI is InChI=1S/C9H17F4NO/c1-3-4-14-5-7(2)15-6-9(12,13)8(10)11/h7-8,14H,3-6H2,1-2H3. The molecule has 0 amide bonds. The fourth-order valence-electron chi connectivity index (χ4n) is 0.857. The van der Waals surface area contributed by atoms with Crippen molar-refractivity contribution in [3.8, 4) is 0 Å². The van der Waals surface area contributed by atoms with Crippen molar-refractivity contribution >= 4 is 0 Å². The number of nitrogens with one attached hydrogen (secondary N) is 1. The molecule has 92 valence electrons. The van der Waals surface area contributed by atoms with Gasteiger partial charge in [-0.05, 0) is 19.9 Å². The highest BCUT2D eigenvalue weighted by Crippen LogP contribution is 2.23. The molecule has 0 aromatic carbocycles. The lowest BCUT2D eigenvalue weighted by Gasteiger charge is -2.19. The average Bonchev–Trinajstić information content (AvgIpc) is 2.15. The second-order valence-electron chi connectivity index (χ2n) is 3.39. The number of hydrogen-bond acceptors (Lipinski definition) is 2. The molecule has 0 rings (SSSR count). The van der Waals surface area contributed by atoms with Crippen LogP contribution in [0.3, 0.4) is 0 Å². The minimum absolute atomic E-state index is 0.382. The molecule has 0 heterocycles. The van der Waals surface area contributed by atoms with Gasteiger partial charge in [0.25, 0.3) is 0 Å². The number of alkyl halides is 4. The van der Waals surface area contributed by atoms with Crippen LogP contribution in [-0.4, -0.2) is 38.1 Å². The van der Waals surface area contributed by atoms with Crippen molar-refractivity contribution < 1.29 is 22.3 Å². The Bertz CT molecular complexity index is 166. The van der Waals surface area contributed by atoms with E-state index in [9.17, 15) is 17.6 Å². The molecule has 2 nitrogen and oxygen atoms in total. The molecular weight excluding hydrogens is 214 g/mol. The van der Waals surface area contributed by atoms with Crippen LogP contribution in [0, 0.1) is 0 Å². The first-order valence-corrected chi connectivity index (χ1v) is 4.88. The van der Waals surface area contributed by atoms with Gasteiger partial charge in [-0.15, -0.1) is 0 Å². The number of ether oxygens (including phenoxy) is 1. The molecule has 0 aliphatic heterocycles. The topological polar surface area (TPSA) is 21.3 Å². The molecule has 0 fully saturated rings. The molecule has 1 unspecified atom stereocenters. The van der Waals surface area contributed by atoms with Gasteiger partial charge in [-0.3, -0.25) is 0 Å². The first-order chi connectivity index (χ1) is 6.90. The quantitative estimate of drug-likeness (QED) is 0.511. The summed E-state index contributed by atoms with van der Waals surface area (Å²) < 4.78 is 52.9. The van der Waals surface area contributed by atoms with Gasteiger partial charge in [-0.25, -0.2) is 8.78 Å². The highest BCUT2D eigenvalue weighted by molar-refractivity contribution is 4.69. The summed E-state index contributed by atoms with van der Waals surface area (Å²) in [6.07, 6.45) is -3.26. The van der Waals surface area contributed by atoms with Crippen LogP contribution in [0.15, 0.2) is 0 Å². The van der Waals surface area contributed by atoms with Gasteiger partial charge < -0.3 is 10.1 Å². The van der Waals surface area contributed by atoms with Gasteiger partial charge in [-0.1, -0.05) is 6.92 Å². The minimum atomic E-state index is -4.06. The van der Waals surface area contributed by atoms with Crippen molar-refractivity contribution in [2.24, 2.45) is 0 Å². The normalized spacial score (nSPS) is 14.6. The fraction of sp³-hybridized carbons (Fsp3) is 1.00. The Morgan fingerprint density at radius 2 is 1.93 bits per heavy atom. The van der Waals surface area contributed by atoms with E-state index in [1.807, 2.05) is 6.92 Å². The maximum Gasteiger partial charge on any atom is 0.330 e. The smallest absolute Gasteiger partial charge is 0.330 e. The van der Waals surface area contributed by atoms with Crippen molar-refractivity contribution in [3.63, 3.8) is 0 Å². The summed E-state index contributed by atoms with van der Waals surface area (Å²) in [6, 6.07) is 0. The Labute approximate surface area is 87.0 Å². The largest absolute Gasteiger partial charge is 0.371 e. The predicted octanol–water partition coefficient (Wildman–Crippen LogP) is 2.29. The zero-order valence-electron chi connectivity index (χ0n) is 8.90. The van der Waals surface area contributed by atoms with Crippen LogP contribution < -0.4 is 5.32 Å². The third kappa shape index (κ3) is 6.67. The van der Waals surface area contributed by atoms with Gasteiger partial charge in [0.2, 0.25) is 0 Å². The van der Waals surface area contributed by atoms with Crippen LogP contribution in [0.2, 0.25) is 0 Å². The van der Waals surface area contributed by atoms with Crippen molar-refractivity contribution in [1.29, 1.82) is 0 Å². The van der Waals surface area contributed by atoms with Gasteiger partial charge in [0, 0.05) is 6.54 Å². The van der Waals surface area contributed by atoms with Crippen LogP contribution >= 0.6 is 0 Å². The van der Waals surface area contributed by atoms with Crippen molar-refractivity contribution in [2.75, 3.05) is 19.7 Å². The molecular formula is C9H17F4NO. The van der Waals surface area contributed by atoms with E-state index in [0.29, 0.717) is 6.54 Å². The molecule has 0 saturated heterocycles. The molecule has 0 aromatic rings. The summed E-state index contributed by atoms with van der Waals surface area (Å²) in [7, 11) is 0. The Kier molecular flexibility index (Phi) is 6.84. The van der Waals surface area contributed by atoms with Crippen LogP contribution in [0.25, 0.3) is 0 Å². The van der Waals surface area contributed by atoms with Gasteiger partial charge in [0.15, 0.2) is 0 Å². The monoisotopic (exact) mass is 231 g/mol. The number of halogens is 4. The summed E-state index contributed by atoms with van der Waals surface area (Å²) in [5, 5.41) is 2.94. The maximum atomic E-state index is 12.4. The second-order valence-corrected chi connectivity index (χ2v) is 3.39. The summed E-state index contributed by atoms with van der Waals surface area (Å²) >= 11 is 0. The lowest BCUT2D eigenvalue weighted by atomic mass is 10.3. The predicted molar refractivity (Wildman–Crippen MR) is 49.5 cm³/mol. The van der Waals surface area contributed by atoms with Crippen LogP contribution in [0.1, 0.15) is 20.3 Å². The molecule has 0 spiro atoms. The minimum Gasteiger partial charge on any atom is -0.371 e. The Hall–Kier alpha value is -0.360. The van der Waals surface area contributed by atoms with E-state index < -0.39 is 25.1 Å². The molecule has 1 N–H and O–H groups in total. The van der Waals surface area contributed by atoms with E-state index in [1.165, 1.54) is 0 Å². The number of hydrogen-bond donors (Lipinski definition) is 1. The molecule has 0 aromatic heterocycles. The van der Waals surface area contributed by atoms with Crippen LogP contribution in [-0.2, 0) is 4.74 Å². The van der Waals surface area contributed by atoms with E-state index in [1.54, 1.807) is 6.92 Å². The SMILES string of the molecule is CCCNCC(C)OCC(F)(F)C(F)F. The lowest BCUT2D eigenvalue weighted by Crippen LogP contribution is -2.36. The number of rotatable bonds is 8. The first kappa shape index (κ1) is 14.6. The maximum absolute atomic E-state index is 12.4. The lowest BCUT2D eigenvalue weighted by molar-refractivity contribution is -0.174. The molecule has 0 bridgehead atoms. The van der Waals surface area contributed by atoms with Gasteiger partial charge in [0.1, 0.15) is 6.61 Å². The molecule has 0 saturated carbocycles. The summed E-state index contributed by atoms with van der Waals surface area (Å²) in [5.74, 6) is -4.06. The molecule has 0 aliphatic carbocycles. The molecule has 0 radical (unpaired) electrons. The highest BCUT2D eigenvalue weighted by Gasteiger charge is 2.41. The van der Waals surface area contributed by atoms with Gasteiger partial charge in [-0.2, -0.15) is 8.78 Å². The Morgan fingerprint density at radius 1 is 1.33 bits per heavy atom. The summed E-state index contributed by atoms with van der Waals surface area (Å²) in [6.45, 7) is 3.42. The molecule has 6 heteroatoms. The van der Waals surface area contributed by atoms with Gasteiger partial charge >= 0.3 is 12.3 Å². The fourth-order valence-corrected chi connectivity index (χ4v) is 0.857. The third-order valence-corrected chi connectivity index (χ3v) is 1.74. The van der Waals surface area contributed by atoms with Crippen molar-refractivity contribution in [1.82, 2.24) is 5.32 Å². The average molecular weight is 231 g/mol. The zero-order chi connectivity index (χ0) is 11.9. The van der Waals surface area contributed by atoms with E-state index in [0.717, 1.165) is 13.0 Å². The molecule has 0 aliphatic rings. The third-order valence-electron chi connectivity index (χ3n) is 1.74. The molecule has 15 heavy (non-hydrogen) atoms. The van der Waals surface area contributed by atoms with Crippen LogP contribution in [0.4, 0.5) is 17.6 Å². The molecule has 1 atom stereocenters. The van der Waals surface area contributed by atoms with E-state index in [2.05, 4.69) is 10.1 Å². The highest BCUT2D eigenvalue weighted by atomic mass is 19.3. The van der Waals surface area contributed by atoms with E-state index in [4.69, 9.17) is 0 Å². The van der Waals surface area contributed by atoms with Crippen molar-refractivity contribution in [3.05, 3.63) is 0 Å². The van der Waals surface area contributed by atoms with E-state index in [-0.39, 0.29) is 0 Å². The van der Waals surface area contributed by atoms with Gasteiger partial charge in [0.05, 0.1) is 6.10 Å². The van der Waals surface area contributed by atoms with Crippen LogP contribution in [0.5, 0.6) is 0 Å². The Balaban J connectivity index is 3.65.